The quantitative estimate of drug-likeness (QED) is 0.0317. The number of rotatable bonds is 33. The minimum Gasteiger partial charge on any atom is -0.477 e. The Hall–Kier alpha value is -2.71. The number of esters is 2. The van der Waals surface area contributed by atoms with Gasteiger partial charge in [0.1, 0.15) is 6.61 Å². The summed E-state index contributed by atoms with van der Waals surface area (Å²) in [4.78, 5) is 36.7. The van der Waals surface area contributed by atoms with E-state index in [1.807, 2.05) is 21.1 Å². The van der Waals surface area contributed by atoms with Gasteiger partial charge in [0.15, 0.2) is 12.1 Å². The lowest BCUT2D eigenvalue weighted by molar-refractivity contribution is -0.887. The van der Waals surface area contributed by atoms with Gasteiger partial charge in [-0.3, -0.25) is 9.59 Å². The van der Waals surface area contributed by atoms with E-state index in [2.05, 4.69) is 62.5 Å². The third-order valence-corrected chi connectivity index (χ3v) is 8.24. The highest BCUT2D eigenvalue weighted by Gasteiger charge is 2.31. The number of hydrogen-bond acceptors (Lipinski definition) is 6. The average molecular weight is 691 g/mol. The van der Waals surface area contributed by atoms with E-state index in [4.69, 9.17) is 14.2 Å². The van der Waals surface area contributed by atoms with Gasteiger partial charge >= 0.3 is 17.9 Å². The summed E-state index contributed by atoms with van der Waals surface area (Å²) in [6, 6.07) is -0.617. The summed E-state index contributed by atoms with van der Waals surface area (Å²) in [6.07, 6.45) is 35.9. The predicted molar refractivity (Wildman–Crippen MR) is 201 cm³/mol. The topological polar surface area (TPSA) is 99.1 Å². The molecular weight excluding hydrogens is 618 g/mol. The zero-order chi connectivity index (χ0) is 36.4. The molecular formula is C41H72NO7+. The molecule has 0 rings (SSSR count). The summed E-state index contributed by atoms with van der Waals surface area (Å²) in [5.74, 6) is -1.51. The monoisotopic (exact) mass is 691 g/mol. The molecule has 0 aliphatic heterocycles. The van der Waals surface area contributed by atoms with E-state index < -0.39 is 18.1 Å². The maximum Gasteiger partial charge on any atom is 0.362 e. The summed E-state index contributed by atoms with van der Waals surface area (Å²) in [5.41, 5.74) is 0. The summed E-state index contributed by atoms with van der Waals surface area (Å²) < 4.78 is 17.1. The second-order valence-corrected chi connectivity index (χ2v) is 13.8. The Labute approximate surface area is 299 Å². The van der Waals surface area contributed by atoms with Gasteiger partial charge in [-0.2, -0.15) is 0 Å². The van der Waals surface area contributed by atoms with Crippen molar-refractivity contribution in [1.82, 2.24) is 0 Å². The number of likely N-dealkylation sites (N-methyl/N-ethyl adjacent to an activating group) is 1. The maximum absolute atomic E-state index is 12.6. The lowest BCUT2D eigenvalue weighted by atomic mass is 10.1. The molecule has 0 amide bonds. The van der Waals surface area contributed by atoms with Gasteiger partial charge in [-0.15, -0.1) is 0 Å². The molecule has 0 fully saturated rings. The predicted octanol–water partition coefficient (Wildman–Crippen LogP) is 9.68. The van der Waals surface area contributed by atoms with E-state index >= 15 is 0 Å². The third kappa shape index (κ3) is 31.0. The normalized spacial score (nSPS) is 13.6. The average Bonchev–Trinajstić information content (AvgIpc) is 3.05. The van der Waals surface area contributed by atoms with Crippen molar-refractivity contribution in [3.8, 4) is 0 Å². The Kier molecular flexibility index (Phi) is 30.7. The molecule has 8 heteroatoms. The molecule has 0 bridgehead atoms. The van der Waals surface area contributed by atoms with Crippen LogP contribution in [0.15, 0.2) is 48.6 Å². The van der Waals surface area contributed by atoms with Crippen LogP contribution in [0.5, 0.6) is 0 Å². The minimum atomic E-state index is -0.882. The number of carbonyl (C=O) groups is 3. The van der Waals surface area contributed by atoms with Crippen molar-refractivity contribution >= 4 is 17.9 Å². The number of unbranched alkanes of at least 4 members (excludes halogenated alkanes) is 11. The van der Waals surface area contributed by atoms with Crippen molar-refractivity contribution in [2.24, 2.45) is 0 Å². The molecule has 0 aromatic rings. The molecule has 2 unspecified atom stereocenters. The molecule has 0 aliphatic rings. The number of aliphatic carboxylic acids is 1. The van der Waals surface area contributed by atoms with Gasteiger partial charge in [-0.25, -0.2) is 4.79 Å². The fraction of sp³-hybridized carbons (Fsp3) is 0.732. The van der Waals surface area contributed by atoms with Crippen molar-refractivity contribution in [2.45, 2.75) is 154 Å². The van der Waals surface area contributed by atoms with Crippen LogP contribution in [-0.4, -0.2) is 80.6 Å². The third-order valence-electron chi connectivity index (χ3n) is 8.24. The van der Waals surface area contributed by atoms with Gasteiger partial charge in [-0.05, 0) is 51.4 Å². The first-order chi connectivity index (χ1) is 23.6. The zero-order valence-corrected chi connectivity index (χ0v) is 31.9. The molecule has 0 aromatic carbocycles. The van der Waals surface area contributed by atoms with Crippen LogP contribution in [0.3, 0.4) is 0 Å². The fourth-order valence-electron chi connectivity index (χ4n) is 5.26. The van der Waals surface area contributed by atoms with Gasteiger partial charge in [0, 0.05) is 19.3 Å². The molecule has 0 radical (unpaired) electrons. The number of carbonyl (C=O) groups excluding carboxylic acids is 2. The Morgan fingerprint density at radius 2 is 1.14 bits per heavy atom. The first-order valence-electron chi connectivity index (χ1n) is 19.2. The van der Waals surface area contributed by atoms with E-state index in [0.29, 0.717) is 19.3 Å². The van der Waals surface area contributed by atoms with Crippen LogP contribution < -0.4 is 0 Å². The fourth-order valence-corrected chi connectivity index (χ4v) is 5.26. The highest BCUT2D eigenvalue weighted by Crippen LogP contribution is 2.12. The van der Waals surface area contributed by atoms with E-state index in [9.17, 15) is 19.5 Å². The van der Waals surface area contributed by atoms with Crippen molar-refractivity contribution in [2.75, 3.05) is 41.0 Å². The first kappa shape index (κ1) is 46.3. The lowest BCUT2D eigenvalue weighted by Crippen LogP contribution is -2.50. The van der Waals surface area contributed by atoms with Gasteiger partial charge in [0.05, 0.1) is 34.4 Å². The molecule has 0 heterocycles. The lowest BCUT2D eigenvalue weighted by Gasteiger charge is -2.31. The number of quaternary nitrogens is 1. The molecule has 2 atom stereocenters. The molecule has 0 aromatic heterocycles. The van der Waals surface area contributed by atoms with Gasteiger partial charge < -0.3 is 23.8 Å². The number of allylic oxidation sites excluding steroid dienone is 8. The molecule has 282 valence electrons. The molecule has 49 heavy (non-hydrogen) atoms. The number of hydrogen-bond donors (Lipinski definition) is 1. The van der Waals surface area contributed by atoms with E-state index in [1.165, 1.54) is 32.1 Å². The van der Waals surface area contributed by atoms with E-state index in [0.717, 1.165) is 77.0 Å². The summed E-state index contributed by atoms with van der Waals surface area (Å²) in [6.45, 7) is 4.54. The van der Waals surface area contributed by atoms with Crippen LogP contribution in [0, 0.1) is 0 Å². The van der Waals surface area contributed by atoms with Crippen LogP contribution in [0.4, 0.5) is 0 Å². The van der Waals surface area contributed by atoms with Crippen molar-refractivity contribution in [1.29, 1.82) is 0 Å². The highest BCUT2D eigenvalue weighted by atomic mass is 16.6. The standard InChI is InChI=1S/C41H71NO7/c1-6-8-10-12-14-16-17-18-19-20-21-22-23-24-26-28-30-32-40(44)49-37(35-47-34-33-38(41(45)46)42(3,4)5)36-48-39(43)31-29-27-25-15-13-11-9-7-2/h8,10,14,16,18-19,21-22,37-38H,6-7,9,11-13,15,17,20,23-36H2,1-5H3/p+1/b10-8-,16-14-,19-18-,22-21-. The number of nitrogens with zero attached hydrogens (tertiary/aromatic N) is 1. The Morgan fingerprint density at radius 1 is 0.633 bits per heavy atom. The second-order valence-electron chi connectivity index (χ2n) is 13.8. The first-order valence-corrected chi connectivity index (χ1v) is 19.2. The van der Waals surface area contributed by atoms with Crippen LogP contribution in [0.25, 0.3) is 0 Å². The summed E-state index contributed by atoms with van der Waals surface area (Å²) in [7, 11) is 5.50. The van der Waals surface area contributed by atoms with Gasteiger partial charge in [0.25, 0.3) is 0 Å². The van der Waals surface area contributed by atoms with E-state index in [1.54, 1.807) is 0 Å². The summed E-state index contributed by atoms with van der Waals surface area (Å²) >= 11 is 0. The van der Waals surface area contributed by atoms with Crippen molar-refractivity contribution in [3.63, 3.8) is 0 Å². The molecule has 0 aliphatic carbocycles. The number of carboxylic acid groups (broad SMARTS) is 1. The molecule has 1 N–H and O–H groups in total. The zero-order valence-electron chi connectivity index (χ0n) is 31.9. The smallest absolute Gasteiger partial charge is 0.362 e. The van der Waals surface area contributed by atoms with Crippen LogP contribution in [0.2, 0.25) is 0 Å². The molecule has 0 saturated heterocycles. The van der Waals surface area contributed by atoms with Crippen LogP contribution in [0.1, 0.15) is 142 Å². The van der Waals surface area contributed by atoms with Crippen molar-refractivity contribution < 1.29 is 38.2 Å². The van der Waals surface area contributed by atoms with Crippen molar-refractivity contribution in [3.05, 3.63) is 48.6 Å². The minimum absolute atomic E-state index is 0.0507. The van der Waals surface area contributed by atoms with E-state index in [-0.39, 0.29) is 36.2 Å². The molecule has 0 saturated carbocycles. The highest BCUT2D eigenvalue weighted by molar-refractivity contribution is 5.72. The van der Waals surface area contributed by atoms with Gasteiger partial charge in [-0.1, -0.05) is 120 Å². The second kappa shape index (κ2) is 32.5. The Balaban J connectivity index is 4.44. The van der Waals surface area contributed by atoms with Gasteiger partial charge in [0.2, 0.25) is 0 Å². The molecule has 0 spiro atoms. The Bertz CT molecular complexity index is 948. The largest absolute Gasteiger partial charge is 0.477 e. The number of ether oxygens (including phenoxy) is 3. The summed E-state index contributed by atoms with van der Waals surface area (Å²) in [5, 5.41) is 9.57. The SMILES string of the molecule is CC/C=C\C/C=C\C/C=C\C/C=C\CCCCCCC(=O)OC(COCCC(C(=O)O)[N+](C)(C)C)COC(=O)CCCCCCCCCC. The Morgan fingerprint density at radius 3 is 1.69 bits per heavy atom. The van der Waals surface area contributed by atoms with Crippen LogP contribution >= 0.6 is 0 Å². The van der Waals surface area contributed by atoms with Crippen LogP contribution in [-0.2, 0) is 28.6 Å². The molecule has 8 nitrogen and oxygen atoms in total. The maximum atomic E-state index is 12.6. The number of carboxylic acids is 1.